The van der Waals surface area contributed by atoms with E-state index in [-0.39, 0.29) is 11.1 Å². The first-order valence-electron chi connectivity index (χ1n) is 5.15. The molecule has 0 unspecified atom stereocenters. The van der Waals surface area contributed by atoms with Crippen molar-refractivity contribution in [2.24, 2.45) is 7.05 Å². The van der Waals surface area contributed by atoms with E-state index in [1.807, 2.05) is 30.3 Å². The lowest BCUT2D eigenvalue weighted by molar-refractivity contribution is 0.102. The summed E-state index contributed by atoms with van der Waals surface area (Å²) in [5, 5.41) is 6.99. The fraction of sp³-hybridized carbons (Fsp3) is 0.167. The molecule has 4 nitrogen and oxygen atoms in total. The molecule has 5 heteroatoms. The van der Waals surface area contributed by atoms with Crippen LogP contribution in [0.1, 0.15) is 16.1 Å². The van der Waals surface area contributed by atoms with Crippen LogP contribution in [0.5, 0.6) is 0 Å². The van der Waals surface area contributed by atoms with Crippen molar-refractivity contribution in [3.8, 4) is 0 Å². The first-order valence-corrected chi connectivity index (χ1v) is 5.53. The molecule has 2 aromatic rings. The van der Waals surface area contributed by atoms with Crippen LogP contribution >= 0.6 is 11.6 Å². The molecule has 1 amide bonds. The summed E-state index contributed by atoms with van der Waals surface area (Å²) in [5.41, 5.74) is 1.89. The highest BCUT2D eigenvalue weighted by Crippen LogP contribution is 2.19. The smallest absolute Gasteiger partial charge is 0.260 e. The third-order valence-electron chi connectivity index (χ3n) is 2.55. The molecule has 88 valence electrons. The van der Waals surface area contributed by atoms with Crippen LogP contribution in [0.15, 0.2) is 30.3 Å². The van der Waals surface area contributed by atoms with Crippen molar-refractivity contribution < 1.29 is 4.79 Å². The van der Waals surface area contributed by atoms with E-state index in [0.717, 1.165) is 11.4 Å². The second kappa shape index (κ2) is 4.59. The highest BCUT2D eigenvalue weighted by Gasteiger charge is 2.18. The minimum absolute atomic E-state index is 0.221. The molecule has 1 N–H and O–H groups in total. The number of anilines is 1. The van der Waals surface area contributed by atoms with Crippen LogP contribution in [0.25, 0.3) is 0 Å². The summed E-state index contributed by atoms with van der Waals surface area (Å²) < 4.78 is 1.59. The van der Waals surface area contributed by atoms with Gasteiger partial charge in [0.2, 0.25) is 0 Å². The molecule has 1 aromatic heterocycles. The lowest BCUT2D eigenvalue weighted by Gasteiger charge is -2.04. The molecule has 17 heavy (non-hydrogen) atoms. The van der Waals surface area contributed by atoms with Gasteiger partial charge in [-0.2, -0.15) is 5.10 Å². The molecule has 1 heterocycles. The summed E-state index contributed by atoms with van der Waals surface area (Å²) in [6.07, 6.45) is 0. The van der Waals surface area contributed by atoms with Gasteiger partial charge in [0.1, 0.15) is 0 Å². The first kappa shape index (κ1) is 11.7. The molecule has 0 fully saturated rings. The highest BCUT2D eigenvalue weighted by atomic mass is 35.5. The van der Waals surface area contributed by atoms with Crippen LogP contribution in [0.2, 0.25) is 5.15 Å². The Hall–Kier alpha value is -1.81. The van der Waals surface area contributed by atoms with Crippen molar-refractivity contribution in [1.82, 2.24) is 9.78 Å². The highest BCUT2D eigenvalue weighted by molar-refractivity contribution is 6.33. The summed E-state index contributed by atoms with van der Waals surface area (Å²) in [4.78, 5) is 12.0. The molecule has 1 aromatic carbocycles. The number of rotatable bonds is 2. The quantitative estimate of drug-likeness (QED) is 0.889. The molecule has 0 radical (unpaired) electrons. The molecule has 0 bridgehead atoms. The molecule has 0 aliphatic heterocycles. The molecule has 0 spiro atoms. The fourth-order valence-corrected chi connectivity index (χ4v) is 1.88. The maximum absolute atomic E-state index is 12.0. The summed E-state index contributed by atoms with van der Waals surface area (Å²) in [6.45, 7) is 1.80. The topological polar surface area (TPSA) is 46.9 Å². The van der Waals surface area contributed by atoms with Gasteiger partial charge in [-0.15, -0.1) is 0 Å². The zero-order chi connectivity index (χ0) is 12.4. The van der Waals surface area contributed by atoms with Gasteiger partial charge < -0.3 is 5.32 Å². The molecule has 0 saturated carbocycles. The number of carbonyl (C=O) groups excluding carboxylic acids is 1. The average molecular weight is 250 g/mol. The van der Waals surface area contributed by atoms with Gasteiger partial charge in [-0.05, 0) is 19.1 Å². The van der Waals surface area contributed by atoms with Gasteiger partial charge in [-0.1, -0.05) is 29.8 Å². The normalized spacial score (nSPS) is 10.3. The van der Waals surface area contributed by atoms with Crippen LogP contribution in [-0.4, -0.2) is 15.7 Å². The standard InChI is InChI=1S/C12H12ClN3O/c1-8-10(11(13)15-16(8)2)12(17)14-9-6-4-3-5-7-9/h3-7H,1-2H3,(H,14,17). The maximum atomic E-state index is 12.0. The summed E-state index contributed by atoms with van der Waals surface area (Å²) in [7, 11) is 1.75. The van der Waals surface area contributed by atoms with Crippen molar-refractivity contribution in [3.63, 3.8) is 0 Å². The first-order chi connectivity index (χ1) is 8.09. The van der Waals surface area contributed by atoms with Gasteiger partial charge in [-0.3, -0.25) is 9.48 Å². The Morgan fingerprint density at radius 1 is 1.35 bits per heavy atom. The summed E-state index contributed by atoms with van der Waals surface area (Å²) in [6, 6.07) is 9.23. The molecule has 0 aliphatic rings. The number of nitrogens with zero attached hydrogens (tertiary/aromatic N) is 2. The van der Waals surface area contributed by atoms with Crippen LogP contribution in [0.4, 0.5) is 5.69 Å². The van der Waals surface area contributed by atoms with Crippen molar-refractivity contribution in [2.75, 3.05) is 5.32 Å². The molecule has 0 saturated heterocycles. The minimum atomic E-state index is -0.244. The van der Waals surface area contributed by atoms with Crippen molar-refractivity contribution in [2.45, 2.75) is 6.92 Å². The fourth-order valence-electron chi connectivity index (χ4n) is 1.54. The number of aromatic nitrogens is 2. The lowest BCUT2D eigenvalue weighted by atomic mass is 10.2. The third kappa shape index (κ3) is 2.31. The van der Waals surface area contributed by atoms with E-state index in [1.54, 1.807) is 18.7 Å². The molecular formula is C12H12ClN3O. The van der Waals surface area contributed by atoms with Gasteiger partial charge in [0.15, 0.2) is 5.15 Å². The van der Waals surface area contributed by atoms with E-state index in [0.29, 0.717) is 5.56 Å². The van der Waals surface area contributed by atoms with Crippen LogP contribution in [0, 0.1) is 6.92 Å². The second-order valence-corrected chi connectivity index (χ2v) is 4.05. The van der Waals surface area contributed by atoms with Crippen LogP contribution < -0.4 is 5.32 Å². The predicted octanol–water partition coefficient (Wildman–Crippen LogP) is 2.63. The van der Waals surface area contributed by atoms with Crippen molar-refractivity contribution in [3.05, 3.63) is 46.7 Å². The SMILES string of the molecule is Cc1c(C(=O)Nc2ccccc2)c(Cl)nn1C. The molecule has 0 aliphatic carbocycles. The van der Waals surface area contributed by atoms with E-state index in [2.05, 4.69) is 10.4 Å². The van der Waals surface area contributed by atoms with Gasteiger partial charge in [-0.25, -0.2) is 0 Å². The van der Waals surface area contributed by atoms with Crippen LogP contribution in [0.3, 0.4) is 0 Å². The zero-order valence-electron chi connectivity index (χ0n) is 9.57. The van der Waals surface area contributed by atoms with Crippen molar-refractivity contribution >= 4 is 23.2 Å². The largest absolute Gasteiger partial charge is 0.322 e. The molecular weight excluding hydrogens is 238 g/mol. The van der Waals surface area contributed by atoms with E-state index in [1.165, 1.54) is 0 Å². The van der Waals surface area contributed by atoms with E-state index in [9.17, 15) is 4.79 Å². The number of hydrogen-bond acceptors (Lipinski definition) is 2. The number of amides is 1. The Balaban J connectivity index is 2.27. The molecule has 2 rings (SSSR count). The van der Waals surface area contributed by atoms with Gasteiger partial charge in [0, 0.05) is 18.4 Å². The van der Waals surface area contributed by atoms with E-state index >= 15 is 0 Å². The van der Waals surface area contributed by atoms with E-state index in [4.69, 9.17) is 11.6 Å². The van der Waals surface area contributed by atoms with Crippen LogP contribution in [-0.2, 0) is 7.05 Å². The average Bonchev–Trinajstić information content (AvgIpc) is 2.54. The number of para-hydroxylation sites is 1. The Morgan fingerprint density at radius 3 is 2.53 bits per heavy atom. The zero-order valence-corrected chi connectivity index (χ0v) is 10.3. The number of hydrogen-bond donors (Lipinski definition) is 1. The third-order valence-corrected chi connectivity index (χ3v) is 2.81. The number of benzene rings is 1. The Morgan fingerprint density at radius 2 is 2.00 bits per heavy atom. The van der Waals surface area contributed by atoms with Gasteiger partial charge >= 0.3 is 0 Å². The number of carbonyl (C=O) groups is 1. The predicted molar refractivity (Wildman–Crippen MR) is 67.4 cm³/mol. The minimum Gasteiger partial charge on any atom is -0.322 e. The maximum Gasteiger partial charge on any atom is 0.260 e. The Bertz CT molecular complexity index is 548. The number of aryl methyl sites for hydroxylation is 1. The Labute approximate surface area is 104 Å². The monoisotopic (exact) mass is 249 g/mol. The summed E-state index contributed by atoms with van der Waals surface area (Å²) >= 11 is 5.92. The van der Waals surface area contributed by atoms with Gasteiger partial charge in [0.05, 0.1) is 5.56 Å². The van der Waals surface area contributed by atoms with Crippen molar-refractivity contribution in [1.29, 1.82) is 0 Å². The Kier molecular flexibility index (Phi) is 3.15. The van der Waals surface area contributed by atoms with Gasteiger partial charge in [0.25, 0.3) is 5.91 Å². The molecule has 0 atom stereocenters. The van der Waals surface area contributed by atoms with E-state index < -0.39 is 0 Å². The second-order valence-electron chi connectivity index (χ2n) is 3.69. The summed E-state index contributed by atoms with van der Waals surface area (Å²) in [5.74, 6) is -0.244. The number of halogens is 1. The number of nitrogens with one attached hydrogen (secondary N) is 1. The lowest BCUT2D eigenvalue weighted by Crippen LogP contribution is -2.13.